The molecule has 0 fully saturated rings. The second kappa shape index (κ2) is 6.07. The van der Waals surface area contributed by atoms with Gasteiger partial charge in [0, 0.05) is 12.8 Å². The first-order chi connectivity index (χ1) is 9.88. The normalized spacial score (nSPS) is 11.6. The third-order valence-electron chi connectivity index (χ3n) is 2.84. The highest BCUT2D eigenvalue weighted by Crippen LogP contribution is 2.29. The van der Waals surface area contributed by atoms with E-state index in [1.54, 1.807) is 6.07 Å². The lowest BCUT2D eigenvalue weighted by Gasteiger charge is -2.09. The second-order valence-electron chi connectivity index (χ2n) is 4.65. The quantitative estimate of drug-likeness (QED) is 0.942. The molecule has 0 unspecified atom stereocenters. The molecule has 4 nitrogen and oxygen atoms in total. The summed E-state index contributed by atoms with van der Waals surface area (Å²) in [4.78, 5) is 12.2. The van der Waals surface area contributed by atoms with Gasteiger partial charge < -0.3 is 5.73 Å². The number of hydrogen-bond acceptors (Lipinski definition) is 4. The van der Waals surface area contributed by atoms with Crippen LogP contribution in [0.4, 0.5) is 19.1 Å². The second-order valence-corrected chi connectivity index (χ2v) is 4.65. The fraction of sp³-hybridized carbons (Fsp3) is 0.357. The number of benzene rings is 1. The van der Waals surface area contributed by atoms with Crippen molar-refractivity contribution < 1.29 is 13.2 Å². The molecule has 2 aromatic rings. The molecule has 0 radical (unpaired) electrons. The Morgan fingerprint density at radius 3 is 2.48 bits per heavy atom. The summed E-state index contributed by atoms with van der Waals surface area (Å²) >= 11 is 0. The number of alkyl halides is 3. The van der Waals surface area contributed by atoms with Gasteiger partial charge in [0.2, 0.25) is 5.95 Å². The molecule has 1 heterocycles. The number of halogens is 3. The molecule has 21 heavy (non-hydrogen) atoms. The lowest BCUT2D eigenvalue weighted by molar-refractivity contribution is -0.137. The number of aromatic nitrogens is 3. The zero-order valence-corrected chi connectivity index (χ0v) is 11.5. The average Bonchev–Trinajstić information content (AvgIpc) is 2.37. The fourth-order valence-electron chi connectivity index (χ4n) is 1.94. The smallest absolute Gasteiger partial charge is 0.368 e. The van der Waals surface area contributed by atoms with Gasteiger partial charge >= 0.3 is 6.18 Å². The molecule has 1 aromatic heterocycles. The van der Waals surface area contributed by atoms with Crippen molar-refractivity contribution in [2.45, 2.75) is 32.4 Å². The number of rotatable bonds is 4. The minimum atomic E-state index is -4.36. The molecule has 0 aliphatic carbocycles. The molecule has 0 saturated carbocycles. The van der Waals surface area contributed by atoms with E-state index in [4.69, 9.17) is 5.73 Å². The molecule has 0 aliphatic rings. The van der Waals surface area contributed by atoms with Crippen LogP contribution >= 0.6 is 0 Å². The number of anilines is 1. The van der Waals surface area contributed by atoms with Gasteiger partial charge in [-0.05, 0) is 18.1 Å². The van der Waals surface area contributed by atoms with Crippen LogP contribution in [-0.2, 0) is 19.0 Å². The summed E-state index contributed by atoms with van der Waals surface area (Å²) in [5, 5.41) is 0. The van der Waals surface area contributed by atoms with Gasteiger partial charge in [-0.15, -0.1) is 0 Å². The fourth-order valence-corrected chi connectivity index (χ4v) is 1.94. The van der Waals surface area contributed by atoms with Crippen LogP contribution in [0, 0.1) is 0 Å². The summed E-state index contributed by atoms with van der Waals surface area (Å²) in [6, 6.07) is 5.11. The summed E-state index contributed by atoms with van der Waals surface area (Å²) in [7, 11) is 0. The first-order valence-corrected chi connectivity index (χ1v) is 6.54. The van der Waals surface area contributed by atoms with E-state index in [0.717, 1.165) is 18.6 Å². The van der Waals surface area contributed by atoms with Gasteiger partial charge in [0.05, 0.1) is 5.56 Å². The predicted octanol–water partition coefficient (Wildman–Crippen LogP) is 3.02. The van der Waals surface area contributed by atoms with Gasteiger partial charge in [-0.2, -0.15) is 23.1 Å². The topological polar surface area (TPSA) is 64.7 Å². The zero-order valence-electron chi connectivity index (χ0n) is 11.5. The van der Waals surface area contributed by atoms with Crippen LogP contribution in [-0.4, -0.2) is 15.0 Å². The summed E-state index contributed by atoms with van der Waals surface area (Å²) in [6.07, 6.45) is -2.66. The number of nitrogen functional groups attached to an aromatic ring is 1. The summed E-state index contributed by atoms with van der Waals surface area (Å²) in [6.45, 7) is 1.98. The Labute approximate surface area is 120 Å². The molecule has 112 valence electrons. The first-order valence-electron chi connectivity index (χ1n) is 6.54. The van der Waals surface area contributed by atoms with E-state index in [-0.39, 0.29) is 12.4 Å². The lowest BCUT2D eigenvalue weighted by atomic mass is 10.1. The Morgan fingerprint density at radius 1 is 1.10 bits per heavy atom. The maximum absolute atomic E-state index is 12.7. The summed E-state index contributed by atoms with van der Waals surface area (Å²) in [5.74, 6) is 1.03. The molecule has 1 aromatic carbocycles. The molecule has 0 bridgehead atoms. The number of nitrogens with two attached hydrogens (primary N) is 1. The highest BCUT2D eigenvalue weighted by molar-refractivity contribution is 5.28. The van der Waals surface area contributed by atoms with Crippen LogP contribution < -0.4 is 5.73 Å². The molecular formula is C14H15F3N4. The van der Waals surface area contributed by atoms with Crippen LogP contribution in [0.3, 0.4) is 0 Å². The maximum Gasteiger partial charge on any atom is 0.416 e. The van der Waals surface area contributed by atoms with Gasteiger partial charge in [0.25, 0.3) is 0 Å². The van der Waals surface area contributed by atoms with Crippen molar-refractivity contribution in [3.8, 4) is 0 Å². The van der Waals surface area contributed by atoms with Gasteiger partial charge in [-0.25, -0.2) is 4.98 Å². The molecule has 0 spiro atoms. The van der Waals surface area contributed by atoms with Crippen LogP contribution in [0.15, 0.2) is 24.3 Å². The maximum atomic E-state index is 12.7. The third kappa shape index (κ3) is 4.14. The number of hydrogen-bond donors (Lipinski definition) is 1. The zero-order chi connectivity index (χ0) is 15.5. The van der Waals surface area contributed by atoms with Gasteiger partial charge in [-0.1, -0.05) is 25.1 Å². The van der Waals surface area contributed by atoms with E-state index in [9.17, 15) is 13.2 Å². The molecule has 0 amide bonds. The van der Waals surface area contributed by atoms with Gasteiger partial charge in [0.1, 0.15) is 11.6 Å². The number of aryl methyl sites for hydroxylation is 1. The van der Waals surface area contributed by atoms with Crippen molar-refractivity contribution in [1.29, 1.82) is 0 Å². The molecule has 0 atom stereocenters. The third-order valence-corrected chi connectivity index (χ3v) is 2.84. The lowest BCUT2D eigenvalue weighted by Crippen LogP contribution is -2.09. The van der Waals surface area contributed by atoms with E-state index in [0.29, 0.717) is 23.6 Å². The Hall–Kier alpha value is -2.18. The minimum absolute atomic E-state index is 0.0930. The van der Waals surface area contributed by atoms with Crippen molar-refractivity contribution in [2.24, 2.45) is 0 Å². The molecule has 0 aliphatic heterocycles. The van der Waals surface area contributed by atoms with Crippen molar-refractivity contribution >= 4 is 5.95 Å². The largest absolute Gasteiger partial charge is 0.416 e. The van der Waals surface area contributed by atoms with Crippen LogP contribution in [0.5, 0.6) is 0 Å². The highest BCUT2D eigenvalue weighted by atomic mass is 19.4. The van der Waals surface area contributed by atoms with E-state index in [1.165, 1.54) is 6.07 Å². The van der Waals surface area contributed by atoms with Crippen molar-refractivity contribution in [1.82, 2.24) is 15.0 Å². The summed E-state index contributed by atoms with van der Waals surface area (Å²) < 4.78 is 38.0. The predicted molar refractivity (Wildman–Crippen MR) is 72.5 cm³/mol. The van der Waals surface area contributed by atoms with E-state index in [2.05, 4.69) is 15.0 Å². The minimum Gasteiger partial charge on any atom is -0.368 e. The number of nitrogens with zero attached hydrogens (tertiary/aromatic N) is 3. The van der Waals surface area contributed by atoms with E-state index >= 15 is 0 Å². The molecule has 2 rings (SSSR count). The Balaban J connectivity index is 2.26. The van der Waals surface area contributed by atoms with Gasteiger partial charge in [-0.3, -0.25) is 0 Å². The molecular weight excluding hydrogens is 281 g/mol. The van der Waals surface area contributed by atoms with E-state index in [1.807, 2.05) is 6.92 Å². The average molecular weight is 296 g/mol. The van der Waals surface area contributed by atoms with Gasteiger partial charge in [0.15, 0.2) is 0 Å². The van der Waals surface area contributed by atoms with E-state index < -0.39 is 11.7 Å². The first kappa shape index (κ1) is 15.2. The SMILES string of the molecule is CCCc1nc(N)nc(Cc2cccc(C(F)(F)F)c2)n1. The molecule has 7 heteroatoms. The molecule has 2 N–H and O–H groups in total. The Kier molecular flexibility index (Phi) is 4.40. The van der Waals surface area contributed by atoms with Crippen molar-refractivity contribution in [3.05, 3.63) is 47.0 Å². The standard InChI is InChI=1S/C14H15F3N4/c1-2-4-11-19-12(21-13(18)20-11)8-9-5-3-6-10(7-9)14(15,16)17/h3,5-7H,2,4,8H2,1H3,(H2,18,19,20,21). The summed E-state index contributed by atoms with van der Waals surface area (Å²) in [5.41, 5.74) is 5.40. The molecule has 0 saturated heterocycles. The monoisotopic (exact) mass is 296 g/mol. The van der Waals surface area contributed by atoms with Crippen LogP contribution in [0.25, 0.3) is 0 Å². The van der Waals surface area contributed by atoms with Crippen LogP contribution in [0.1, 0.15) is 36.1 Å². The Morgan fingerprint density at radius 2 is 1.81 bits per heavy atom. The Bertz CT molecular complexity index is 626. The van der Waals surface area contributed by atoms with Crippen LogP contribution in [0.2, 0.25) is 0 Å². The highest BCUT2D eigenvalue weighted by Gasteiger charge is 2.30. The van der Waals surface area contributed by atoms with Crippen molar-refractivity contribution in [2.75, 3.05) is 5.73 Å². The van der Waals surface area contributed by atoms with Crippen molar-refractivity contribution in [3.63, 3.8) is 0 Å².